The number of carbonyl (C=O) groups is 3. The highest BCUT2D eigenvalue weighted by Gasteiger charge is 2.34. The highest BCUT2D eigenvalue weighted by Crippen LogP contribution is 2.35. The molecule has 4 amide bonds. The van der Waals surface area contributed by atoms with Gasteiger partial charge in [-0.1, -0.05) is 35.5 Å². The monoisotopic (exact) mass is 480 g/mol. The second kappa shape index (κ2) is 10.0. The Bertz CT molecular complexity index is 1190. The Morgan fingerprint density at radius 3 is 2.65 bits per heavy atom. The normalized spacial score (nSPS) is 16.4. The molecule has 0 saturated heterocycles. The van der Waals surface area contributed by atoms with Crippen LogP contribution in [0.4, 0.5) is 10.5 Å². The molecule has 0 spiro atoms. The van der Waals surface area contributed by atoms with Gasteiger partial charge in [0.15, 0.2) is 16.7 Å². The molecule has 2 aromatic carbocycles. The highest BCUT2D eigenvalue weighted by molar-refractivity contribution is 8.15. The van der Waals surface area contributed by atoms with Crippen molar-refractivity contribution in [2.24, 2.45) is 4.99 Å². The third-order valence-electron chi connectivity index (χ3n) is 5.05. The molecule has 2 aromatic rings. The van der Waals surface area contributed by atoms with Crippen LogP contribution in [0.1, 0.15) is 25.0 Å². The number of carbonyl (C=O) groups excluding carboxylic acids is 3. The van der Waals surface area contributed by atoms with E-state index in [1.807, 2.05) is 37.3 Å². The van der Waals surface area contributed by atoms with E-state index < -0.39 is 17.2 Å². The van der Waals surface area contributed by atoms with Crippen molar-refractivity contribution in [2.75, 3.05) is 18.2 Å². The Balaban J connectivity index is 1.62. The first-order valence-electron chi connectivity index (χ1n) is 10.7. The van der Waals surface area contributed by atoms with Crippen LogP contribution in [-0.2, 0) is 9.59 Å². The topological polar surface area (TPSA) is 109 Å². The summed E-state index contributed by atoms with van der Waals surface area (Å²) in [4.78, 5) is 43.6. The number of nitrogens with zero attached hydrogens (tertiary/aromatic N) is 2. The van der Waals surface area contributed by atoms with Crippen molar-refractivity contribution in [2.45, 2.75) is 26.0 Å². The summed E-state index contributed by atoms with van der Waals surface area (Å²) in [6.45, 7) is 5.92. The van der Waals surface area contributed by atoms with Crippen molar-refractivity contribution in [3.8, 4) is 11.5 Å². The average molecular weight is 481 g/mol. The molecule has 0 saturated carbocycles. The molecule has 10 heteroatoms. The number of aliphatic imine (C=N–C) groups is 1. The van der Waals surface area contributed by atoms with Crippen molar-refractivity contribution in [1.82, 2.24) is 10.6 Å². The summed E-state index contributed by atoms with van der Waals surface area (Å²) < 4.78 is 10.8. The molecule has 4 rings (SSSR count). The Morgan fingerprint density at radius 1 is 1.18 bits per heavy atom. The number of thioether (sulfide) groups is 1. The van der Waals surface area contributed by atoms with Crippen LogP contribution in [0.5, 0.6) is 11.5 Å². The fourth-order valence-electron chi connectivity index (χ4n) is 3.29. The summed E-state index contributed by atoms with van der Waals surface area (Å²) in [5.74, 6) is 0.445. The van der Waals surface area contributed by atoms with Gasteiger partial charge in [0.25, 0.3) is 5.91 Å². The minimum atomic E-state index is -0.674. The molecule has 0 unspecified atom stereocenters. The first kappa shape index (κ1) is 23.4. The SMILES string of the molecule is CCNC(=O)NC(=O)[C@H](C)SC1=N/C(=C/c2ccc3c(c2)OCO3)C(=O)N1c1ccc(C)cc1. The third-order valence-corrected chi connectivity index (χ3v) is 6.10. The van der Waals surface area contributed by atoms with Gasteiger partial charge in [-0.3, -0.25) is 19.8 Å². The lowest BCUT2D eigenvalue weighted by Crippen LogP contribution is -2.43. The van der Waals surface area contributed by atoms with Crippen LogP contribution in [0.25, 0.3) is 6.08 Å². The van der Waals surface area contributed by atoms with Gasteiger partial charge in [-0.2, -0.15) is 0 Å². The number of ether oxygens (including phenoxy) is 2. The molecule has 0 fully saturated rings. The Morgan fingerprint density at radius 2 is 1.91 bits per heavy atom. The van der Waals surface area contributed by atoms with E-state index in [2.05, 4.69) is 15.6 Å². The maximum Gasteiger partial charge on any atom is 0.321 e. The number of imide groups is 1. The number of hydrogen-bond donors (Lipinski definition) is 2. The van der Waals surface area contributed by atoms with Crippen LogP contribution in [0, 0.1) is 6.92 Å². The molecule has 9 nitrogen and oxygen atoms in total. The highest BCUT2D eigenvalue weighted by atomic mass is 32.2. The lowest BCUT2D eigenvalue weighted by molar-refractivity contribution is -0.119. The van der Waals surface area contributed by atoms with Gasteiger partial charge in [0.2, 0.25) is 12.7 Å². The zero-order valence-corrected chi connectivity index (χ0v) is 19.8. The van der Waals surface area contributed by atoms with Crippen molar-refractivity contribution < 1.29 is 23.9 Å². The van der Waals surface area contributed by atoms with Gasteiger partial charge in [0, 0.05) is 6.54 Å². The van der Waals surface area contributed by atoms with E-state index in [0.29, 0.717) is 28.9 Å². The molecule has 34 heavy (non-hydrogen) atoms. The fraction of sp³-hybridized carbons (Fsp3) is 0.250. The molecule has 0 aromatic heterocycles. The van der Waals surface area contributed by atoms with Gasteiger partial charge in [-0.15, -0.1) is 0 Å². The predicted molar refractivity (Wildman–Crippen MR) is 131 cm³/mol. The van der Waals surface area contributed by atoms with E-state index in [1.165, 1.54) is 4.90 Å². The van der Waals surface area contributed by atoms with Crippen LogP contribution in [0.3, 0.4) is 0 Å². The number of urea groups is 1. The maximum absolute atomic E-state index is 13.4. The molecular weight excluding hydrogens is 456 g/mol. The number of rotatable bonds is 5. The largest absolute Gasteiger partial charge is 0.454 e. The molecule has 0 bridgehead atoms. The minimum Gasteiger partial charge on any atom is -0.454 e. The van der Waals surface area contributed by atoms with Crippen molar-refractivity contribution >= 4 is 46.5 Å². The first-order chi connectivity index (χ1) is 16.4. The number of hydrogen-bond acceptors (Lipinski definition) is 7. The lowest BCUT2D eigenvalue weighted by atomic mass is 10.1. The summed E-state index contributed by atoms with van der Waals surface area (Å²) in [6, 6.07) is 12.3. The van der Waals surface area contributed by atoms with Crippen LogP contribution >= 0.6 is 11.8 Å². The van der Waals surface area contributed by atoms with Crippen LogP contribution in [-0.4, -0.2) is 41.6 Å². The maximum atomic E-state index is 13.4. The standard InChI is InChI=1S/C24H24N4O5S/c1-4-25-23(31)27-21(29)15(3)34-24-26-18(11-16-7-10-19-20(12-16)33-13-32-19)22(30)28(24)17-8-5-14(2)6-9-17/h5-12,15H,4,13H2,1-3H3,(H2,25,27,29,31)/b18-11+/t15-/m0/s1. The predicted octanol–water partition coefficient (Wildman–Crippen LogP) is 3.43. The summed E-state index contributed by atoms with van der Waals surface area (Å²) in [7, 11) is 0. The lowest BCUT2D eigenvalue weighted by Gasteiger charge is -2.20. The van der Waals surface area contributed by atoms with Crippen LogP contribution in [0.2, 0.25) is 0 Å². The molecule has 176 valence electrons. The number of aryl methyl sites for hydroxylation is 1. The molecule has 1 atom stereocenters. The molecule has 2 aliphatic heterocycles. The van der Waals surface area contributed by atoms with Gasteiger partial charge in [-0.05, 0) is 56.7 Å². The van der Waals surface area contributed by atoms with Crippen molar-refractivity contribution in [1.29, 1.82) is 0 Å². The minimum absolute atomic E-state index is 0.157. The first-order valence-corrected chi connectivity index (χ1v) is 11.6. The van der Waals surface area contributed by atoms with Crippen molar-refractivity contribution in [3.63, 3.8) is 0 Å². The van der Waals surface area contributed by atoms with E-state index >= 15 is 0 Å². The number of benzene rings is 2. The number of anilines is 1. The number of nitrogens with one attached hydrogen (secondary N) is 2. The van der Waals surface area contributed by atoms with Gasteiger partial charge in [0.05, 0.1) is 10.9 Å². The summed E-state index contributed by atoms with van der Waals surface area (Å²) in [5, 5.41) is 4.49. The van der Waals surface area contributed by atoms with Crippen LogP contribution < -0.4 is 25.0 Å². The third kappa shape index (κ3) is 5.07. The molecule has 2 aliphatic rings. The summed E-state index contributed by atoms with van der Waals surface area (Å²) >= 11 is 1.10. The summed E-state index contributed by atoms with van der Waals surface area (Å²) in [5.41, 5.74) is 2.63. The second-order valence-corrected chi connectivity index (χ2v) is 8.93. The average Bonchev–Trinajstić information content (AvgIpc) is 3.39. The van der Waals surface area contributed by atoms with Gasteiger partial charge >= 0.3 is 6.03 Å². The van der Waals surface area contributed by atoms with E-state index in [0.717, 1.165) is 22.9 Å². The Kier molecular flexibility index (Phi) is 6.87. The van der Waals surface area contributed by atoms with E-state index in [9.17, 15) is 14.4 Å². The van der Waals surface area contributed by atoms with Crippen molar-refractivity contribution in [3.05, 3.63) is 59.3 Å². The number of amidine groups is 1. The van der Waals surface area contributed by atoms with Gasteiger partial charge in [-0.25, -0.2) is 9.79 Å². The van der Waals surface area contributed by atoms with Gasteiger partial charge in [0.1, 0.15) is 5.70 Å². The zero-order chi connectivity index (χ0) is 24.2. The molecule has 0 radical (unpaired) electrons. The molecule has 2 heterocycles. The van der Waals surface area contributed by atoms with E-state index in [4.69, 9.17) is 9.47 Å². The second-order valence-electron chi connectivity index (χ2n) is 7.62. The molecule has 0 aliphatic carbocycles. The molecule has 2 N–H and O–H groups in total. The van der Waals surface area contributed by atoms with Crippen LogP contribution in [0.15, 0.2) is 53.2 Å². The fourth-order valence-corrected chi connectivity index (χ4v) is 4.21. The van der Waals surface area contributed by atoms with Gasteiger partial charge < -0.3 is 14.8 Å². The van der Waals surface area contributed by atoms with E-state index in [-0.39, 0.29) is 18.4 Å². The quantitative estimate of drug-likeness (QED) is 0.635. The Labute approximate surface area is 201 Å². The molecular formula is C24H24N4O5S. The number of amides is 4. The van der Waals surface area contributed by atoms with E-state index in [1.54, 1.807) is 32.1 Å². The number of fused-ring (bicyclic) bond motifs is 1. The summed E-state index contributed by atoms with van der Waals surface area (Å²) in [6.07, 6.45) is 1.67. The smallest absolute Gasteiger partial charge is 0.321 e. The Hall–Kier alpha value is -3.79. The zero-order valence-electron chi connectivity index (χ0n) is 19.0.